The summed E-state index contributed by atoms with van der Waals surface area (Å²) in [5.74, 6) is -0.902. The Balaban J connectivity index is 2.21. The average Bonchev–Trinajstić information content (AvgIpc) is 2.68. The van der Waals surface area contributed by atoms with E-state index in [1.54, 1.807) is 0 Å². The summed E-state index contributed by atoms with van der Waals surface area (Å²) in [4.78, 5) is 0. The Morgan fingerprint density at radius 3 is 1.72 bits per heavy atom. The molecule has 2 heterocycles. The van der Waals surface area contributed by atoms with Gasteiger partial charge in [0.2, 0.25) is 0 Å². The van der Waals surface area contributed by atoms with Gasteiger partial charge in [0.05, 0.1) is 25.4 Å². The molecule has 6 N–H and O–H groups in total. The standard InChI is InChI=1S/C14H26O16S2/c1-5-6(3-26-31(19,20)21)28-14(10(17)8(5)15)30-12-7(4-27-32(22,23)24)29-13(25-2)11(18)9(12)16/h5-18H,3-4H2,1-2H3,(H,19,20,21)(H,22,23,24)/t5-,6?,7+,8+,9?,10?,11?,12-,13-,14+/m1/s1. The Kier molecular flexibility index (Phi) is 9.32. The fourth-order valence-electron chi connectivity index (χ4n) is 3.24. The van der Waals surface area contributed by atoms with Crippen LogP contribution in [0, 0.1) is 5.92 Å². The Morgan fingerprint density at radius 1 is 0.750 bits per heavy atom. The van der Waals surface area contributed by atoms with Crippen LogP contribution < -0.4 is 0 Å². The third kappa shape index (κ3) is 7.21. The first-order chi connectivity index (χ1) is 14.6. The summed E-state index contributed by atoms with van der Waals surface area (Å²) in [5, 5.41) is 41.1. The molecule has 0 radical (unpaired) electrons. The van der Waals surface area contributed by atoms with Crippen LogP contribution in [0.1, 0.15) is 6.92 Å². The van der Waals surface area contributed by atoms with Crippen LogP contribution in [0.5, 0.6) is 0 Å². The van der Waals surface area contributed by atoms with Gasteiger partial charge in [0.15, 0.2) is 12.6 Å². The summed E-state index contributed by atoms with van der Waals surface area (Å²) >= 11 is 0. The fraction of sp³-hybridized carbons (Fsp3) is 1.00. The van der Waals surface area contributed by atoms with Crippen LogP contribution in [0.2, 0.25) is 0 Å². The maximum absolute atomic E-state index is 10.9. The maximum Gasteiger partial charge on any atom is 0.397 e. The molecule has 2 aliphatic rings. The van der Waals surface area contributed by atoms with Crippen molar-refractivity contribution in [3.63, 3.8) is 0 Å². The predicted molar refractivity (Wildman–Crippen MR) is 97.4 cm³/mol. The summed E-state index contributed by atoms with van der Waals surface area (Å²) in [6.45, 7) is -0.294. The first kappa shape index (κ1) is 27.7. The lowest BCUT2D eigenvalue weighted by molar-refractivity contribution is -0.352. The van der Waals surface area contributed by atoms with Gasteiger partial charge in [-0.25, -0.2) is 8.37 Å². The Bertz CT molecular complexity index is 817. The molecule has 4 unspecified atom stereocenters. The molecule has 0 amide bonds. The minimum absolute atomic E-state index is 0.767. The SMILES string of the molecule is CO[C@@H]1O[C@@H](COS(=O)(=O)O)[C@@H](O[C@@H]2OC(COS(=O)(=O)O)[C@@H](C)[C@H](O)C2O)C(O)C1O. The monoisotopic (exact) mass is 514 g/mol. The predicted octanol–water partition coefficient (Wildman–Crippen LogP) is -3.81. The van der Waals surface area contributed by atoms with Gasteiger partial charge in [0.1, 0.15) is 30.5 Å². The minimum atomic E-state index is -4.93. The zero-order valence-corrected chi connectivity index (χ0v) is 18.4. The van der Waals surface area contributed by atoms with E-state index in [0.29, 0.717) is 0 Å². The molecule has 0 aliphatic carbocycles. The Morgan fingerprint density at radius 2 is 1.22 bits per heavy atom. The van der Waals surface area contributed by atoms with E-state index in [0.717, 1.165) is 7.11 Å². The molecule has 0 aromatic carbocycles. The van der Waals surface area contributed by atoms with Gasteiger partial charge < -0.3 is 39.4 Å². The first-order valence-corrected chi connectivity index (χ1v) is 11.8. The number of methoxy groups -OCH3 is 1. The van der Waals surface area contributed by atoms with Crippen LogP contribution >= 0.6 is 0 Å². The van der Waals surface area contributed by atoms with Crippen LogP contribution in [-0.4, -0.2) is 122 Å². The lowest BCUT2D eigenvalue weighted by Crippen LogP contribution is -2.63. The minimum Gasteiger partial charge on any atom is -0.390 e. The van der Waals surface area contributed by atoms with Gasteiger partial charge in [-0.15, -0.1) is 0 Å². The highest BCUT2D eigenvalue weighted by Gasteiger charge is 2.50. The largest absolute Gasteiger partial charge is 0.397 e. The second-order valence-electron chi connectivity index (χ2n) is 7.17. The average molecular weight is 514 g/mol. The molecule has 2 fully saturated rings. The fourth-order valence-corrected chi connectivity index (χ4v) is 3.85. The summed E-state index contributed by atoms with van der Waals surface area (Å²) in [6, 6.07) is 0. The van der Waals surface area contributed by atoms with Crippen molar-refractivity contribution >= 4 is 20.8 Å². The van der Waals surface area contributed by atoms with Gasteiger partial charge in [0.25, 0.3) is 0 Å². The molecular weight excluding hydrogens is 488 g/mol. The van der Waals surface area contributed by atoms with Gasteiger partial charge in [-0.1, -0.05) is 6.92 Å². The van der Waals surface area contributed by atoms with Gasteiger partial charge in [-0.3, -0.25) is 9.11 Å². The van der Waals surface area contributed by atoms with Gasteiger partial charge in [0, 0.05) is 13.0 Å². The van der Waals surface area contributed by atoms with Crippen LogP contribution in [-0.2, 0) is 48.1 Å². The topological polar surface area (TPSA) is 245 Å². The molecule has 0 aromatic rings. The van der Waals surface area contributed by atoms with E-state index in [4.69, 9.17) is 28.1 Å². The van der Waals surface area contributed by atoms with Gasteiger partial charge in [-0.2, -0.15) is 16.8 Å². The van der Waals surface area contributed by atoms with E-state index in [9.17, 15) is 37.3 Å². The number of aliphatic hydroxyl groups is 4. The Hall–Kier alpha value is -0.580. The van der Waals surface area contributed by atoms with Gasteiger partial charge >= 0.3 is 20.8 Å². The van der Waals surface area contributed by atoms with Crippen molar-refractivity contribution < 1.29 is 73.7 Å². The number of rotatable bonds is 9. The van der Waals surface area contributed by atoms with Crippen LogP contribution in [0.4, 0.5) is 0 Å². The van der Waals surface area contributed by atoms with Crippen molar-refractivity contribution in [2.45, 2.75) is 62.2 Å². The molecule has 0 saturated carbocycles. The molecule has 16 nitrogen and oxygen atoms in total. The molecule has 0 aromatic heterocycles. The van der Waals surface area contributed by atoms with Gasteiger partial charge in [-0.05, 0) is 0 Å². The zero-order chi connectivity index (χ0) is 24.4. The van der Waals surface area contributed by atoms with Crippen molar-refractivity contribution in [1.29, 1.82) is 0 Å². The maximum atomic E-state index is 10.9. The lowest BCUT2D eigenvalue weighted by atomic mass is 9.91. The summed E-state index contributed by atoms with van der Waals surface area (Å²) in [6.07, 6.45) is -14.4. The van der Waals surface area contributed by atoms with E-state index >= 15 is 0 Å². The number of hydrogen-bond acceptors (Lipinski definition) is 14. The van der Waals surface area contributed by atoms with E-state index in [1.807, 2.05) is 0 Å². The highest BCUT2D eigenvalue weighted by Crippen LogP contribution is 2.31. The van der Waals surface area contributed by atoms with Crippen molar-refractivity contribution in [3.8, 4) is 0 Å². The summed E-state index contributed by atoms with van der Waals surface area (Å²) in [7, 11) is -8.66. The molecule has 190 valence electrons. The molecule has 0 bridgehead atoms. The van der Waals surface area contributed by atoms with E-state index < -0.39 is 95.2 Å². The highest BCUT2D eigenvalue weighted by atomic mass is 32.3. The summed E-state index contributed by atoms with van der Waals surface area (Å²) in [5.41, 5.74) is 0. The number of ether oxygens (including phenoxy) is 4. The second kappa shape index (κ2) is 10.8. The molecule has 2 aliphatic heterocycles. The van der Waals surface area contributed by atoms with Crippen molar-refractivity contribution in [2.24, 2.45) is 5.92 Å². The van der Waals surface area contributed by atoms with Crippen molar-refractivity contribution in [2.75, 3.05) is 20.3 Å². The molecule has 2 saturated heterocycles. The third-order valence-corrected chi connectivity index (χ3v) is 5.86. The van der Waals surface area contributed by atoms with E-state index in [-0.39, 0.29) is 0 Å². The molecular formula is C14H26O16S2. The summed E-state index contributed by atoms with van der Waals surface area (Å²) < 4.78 is 90.4. The number of hydrogen-bond donors (Lipinski definition) is 6. The van der Waals surface area contributed by atoms with E-state index in [1.165, 1.54) is 6.92 Å². The van der Waals surface area contributed by atoms with Crippen LogP contribution in [0.15, 0.2) is 0 Å². The highest BCUT2D eigenvalue weighted by molar-refractivity contribution is 7.81. The molecule has 18 heteroatoms. The molecule has 10 atom stereocenters. The van der Waals surface area contributed by atoms with E-state index in [2.05, 4.69) is 8.37 Å². The second-order valence-corrected chi connectivity index (χ2v) is 9.35. The quantitative estimate of drug-likeness (QED) is 0.161. The molecule has 32 heavy (non-hydrogen) atoms. The third-order valence-electron chi connectivity index (χ3n) is 4.99. The molecule has 2 rings (SSSR count). The normalized spacial score (nSPS) is 41.5. The zero-order valence-electron chi connectivity index (χ0n) is 16.8. The lowest BCUT2D eigenvalue weighted by Gasteiger charge is -2.46. The Labute approximate surface area is 183 Å². The van der Waals surface area contributed by atoms with Crippen LogP contribution in [0.3, 0.4) is 0 Å². The smallest absolute Gasteiger partial charge is 0.390 e. The van der Waals surface area contributed by atoms with Crippen molar-refractivity contribution in [3.05, 3.63) is 0 Å². The molecule has 0 spiro atoms. The first-order valence-electron chi connectivity index (χ1n) is 9.09. The van der Waals surface area contributed by atoms with Crippen molar-refractivity contribution in [1.82, 2.24) is 0 Å². The number of aliphatic hydroxyl groups excluding tert-OH is 4. The van der Waals surface area contributed by atoms with Crippen LogP contribution in [0.25, 0.3) is 0 Å².